The lowest BCUT2D eigenvalue weighted by Gasteiger charge is -2.23. The summed E-state index contributed by atoms with van der Waals surface area (Å²) in [6, 6.07) is 11.4. The maximum absolute atomic E-state index is 10.8. The summed E-state index contributed by atoms with van der Waals surface area (Å²) in [5.41, 5.74) is 5.58. The Morgan fingerprint density at radius 1 is 1.19 bits per heavy atom. The smallest absolute Gasteiger partial charge is 0.292 e. The van der Waals surface area contributed by atoms with Gasteiger partial charge in [-0.1, -0.05) is 0 Å². The Hall–Kier alpha value is -2.84. The molecule has 0 aliphatic carbocycles. The van der Waals surface area contributed by atoms with Crippen LogP contribution in [0.3, 0.4) is 0 Å². The molecule has 26 heavy (non-hydrogen) atoms. The zero-order chi connectivity index (χ0) is 18.4. The van der Waals surface area contributed by atoms with E-state index in [1.165, 1.54) is 18.2 Å². The van der Waals surface area contributed by atoms with Crippen LogP contribution in [0.2, 0.25) is 0 Å². The number of nitrogen functional groups attached to an aromatic ring is 1. The molecule has 1 saturated heterocycles. The molecule has 0 aromatic heterocycles. The first-order chi connectivity index (χ1) is 12.6. The number of hydrogen-bond acceptors (Lipinski definition) is 7. The summed E-state index contributed by atoms with van der Waals surface area (Å²) in [5, 5.41) is 14.1. The number of rotatable bonds is 7. The maximum Gasteiger partial charge on any atom is 0.292 e. The Bertz CT molecular complexity index is 745. The van der Waals surface area contributed by atoms with Crippen molar-refractivity contribution in [2.75, 3.05) is 32.0 Å². The van der Waals surface area contributed by atoms with Crippen LogP contribution in [-0.2, 0) is 4.74 Å². The lowest BCUT2D eigenvalue weighted by molar-refractivity contribution is -0.383. The maximum atomic E-state index is 10.8. The number of benzene rings is 2. The average molecular weight is 359 g/mol. The first-order valence-electron chi connectivity index (χ1n) is 8.39. The van der Waals surface area contributed by atoms with E-state index in [0.717, 1.165) is 31.9 Å². The van der Waals surface area contributed by atoms with Crippen molar-refractivity contribution in [2.24, 2.45) is 0 Å². The van der Waals surface area contributed by atoms with Crippen LogP contribution in [-0.4, -0.2) is 37.3 Å². The number of anilines is 1. The first-order valence-corrected chi connectivity index (χ1v) is 8.39. The fourth-order valence-corrected chi connectivity index (χ4v) is 2.62. The third-order valence-electron chi connectivity index (χ3n) is 3.97. The van der Waals surface area contributed by atoms with Gasteiger partial charge < -0.3 is 25.3 Å². The van der Waals surface area contributed by atoms with E-state index in [0.29, 0.717) is 18.1 Å². The summed E-state index contributed by atoms with van der Waals surface area (Å²) in [5.74, 6) is 1.76. The van der Waals surface area contributed by atoms with Gasteiger partial charge in [0.15, 0.2) is 0 Å². The Labute approximate surface area is 151 Å². The van der Waals surface area contributed by atoms with Gasteiger partial charge in [0.2, 0.25) is 0 Å². The van der Waals surface area contributed by atoms with Crippen molar-refractivity contribution in [3.05, 3.63) is 52.6 Å². The highest BCUT2D eigenvalue weighted by molar-refractivity contribution is 5.61. The molecule has 0 amide bonds. The predicted molar refractivity (Wildman–Crippen MR) is 96.7 cm³/mol. The van der Waals surface area contributed by atoms with Crippen molar-refractivity contribution < 1.29 is 19.1 Å². The van der Waals surface area contributed by atoms with E-state index in [4.69, 9.17) is 19.9 Å². The molecular formula is C18H21N3O5. The first kappa shape index (κ1) is 18.0. The van der Waals surface area contributed by atoms with Gasteiger partial charge >= 0.3 is 0 Å². The molecule has 2 aromatic rings. The van der Waals surface area contributed by atoms with Gasteiger partial charge in [-0.25, -0.2) is 0 Å². The molecule has 1 atom stereocenters. The number of nitrogens with zero attached hydrogens (tertiary/aromatic N) is 1. The van der Waals surface area contributed by atoms with Crippen LogP contribution in [0, 0.1) is 10.1 Å². The number of ether oxygens (including phenoxy) is 3. The van der Waals surface area contributed by atoms with Crippen molar-refractivity contribution in [3.63, 3.8) is 0 Å². The molecule has 138 valence electrons. The van der Waals surface area contributed by atoms with Gasteiger partial charge in [0.25, 0.3) is 5.69 Å². The third kappa shape index (κ3) is 4.84. The van der Waals surface area contributed by atoms with Gasteiger partial charge in [0.1, 0.15) is 22.9 Å². The SMILES string of the molecule is Nc1cc(Oc2ccc(OCCC3CNCCO3)cc2)ccc1[N+](=O)[O-]. The summed E-state index contributed by atoms with van der Waals surface area (Å²) in [4.78, 5) is 10.2. The fourth-order valence-electron chi connectivity index (χ4n) is 2.62. The summed E-state index contributed by atoms with van der Waals surface area (Å²) in [6.45, 7) is 3.07. The van der Waals surface area contributed by atoms with E-state index in [9.17, 15) is 10.1 Å². The quantitative estimate of drug-likeness (QED) is 0.444. The average Bonchev–Trinajstić information content (AvgIpc) is 2.64. The molecule has 1 aliphatic rings. The molecule has 0 radical (unpaired) electrons. The number of hydrogen-bond donors (Lipinski definition) is 2. The molecule has 3 rings (SSSR count). The zero-order valence-corrected chi connectivity index (χ0v) is 14.2. The molecular weight excluding hydrogens is 338 g/mol. The molecule has 2 aromatic carbocycles. The molecule has 1 aliphatic heterocycles. The molecule has 0 saturated carbocycles. The van der Waals surface area contributed by atoms with Gasteiger partial charge in [0, 0.05) is 31.6 Å². The van der Waals surface area contributed by atoms with E-state index in [1.807, 2.05) is 12.1 Å². The Balaban J connectivity index is 1.51. The van der Waals surface area contributed by atoms with Crippen LogP contribution in [0.4, 0.5) is 11.4 Å². The molecule has 3 N–H and O–H groups in total. The van der Waals surface area contributed by atoms with Gasteiger partial charge in [-0.15, -0.1) is 0 Å². The molecule has 1 fully saturated rings. The largest absolute Gasteiger partial charge is 0.493 e. The highest BCUT2D eigenvalue weighted by atomic mass is 16.6. The van der Waals surface area contributed by atoms with E-state index >= 15 is 0 Å². The van der Waals surface area contributed by atoms with E-state index in [-0.39, 0.29) is 17.5 Å². The minimum atomic E-state index is -0.528. The highest BCUT2D eigenvalue weighted by Gasteiger charge is 2.13. The van der Waals surface area contributed by atoms with Gasteiger partial charge in [-0.05, 0) is 30.3 Å². The third-order valence-corrected chi connectivity index (χ3v) is 3.97. The van der Waals surface area contributed by atoms with Crippen LogP contribution in [0.5, 0.6) is 17.2 Å². The summed E-state index contributed by atoms with van der Waals surface area (Å²) >= 11 is 0. The van der Waals surface area contributed by atoms with Crippen LogP contribution < -0.4 is 20.5 Å². The number of morpholine rings is 1. The highest BCUT2D eigenvalue weighted by Crippen LogP contribution is 2.30. The molecule has 8 nitrogen and oxygen atoms in total. The van der Waals surface area contributed by atoms with Crippen LogP contribution in [0.25, 0.3) is 0 Å². The monoisotopic (exact) mass is 359 g/mol. The second kappa shape index (κ2) is 8.50. The molecule has 8 heteroatoms. The topological polar surface area (TPSA) is 109 Å². The van der Waals surface area contributed by atoms with E-state index < -0.39 is 4.92 Å². The molecule has 1 unspecified atom stereocenters. The second-order valence-electron chi connectivity index (χ2n) is 5.89. The normalized spacial score (nSPS) is 16.8. The number of nitrogens with one attached hydrogen (secondary N) is 1. The predicted octanol–water partition coefficient (Wildman–Crippen LogP) is 2.73. The number of nitro benzene ring substituents is 1. The van der Waals surface area contributed by atoms with Crippen molar-refractivity contribution >= 4 is 11.4 Å². The van der Waals surface area contributed by atoms with Crippen molar-refractivity contribution in [3.8, 4) is 17.2 Å². The van der Waals surface area contributed by atoms with Crippen molar-refractivity contribution in [1.82, 2.24) is 5.32 Å². The van der Waals surface area contributed by atoms with E-state index in [1.54, 1.807) is 12.1 Å². The number of nitro groups is 1. The molecule has 1 heterocycles. The lowest BCUT2D eigenvalue weighted by Crippen LogP contribution is -2.39. The lowest BCUT2D eigenvalue weighted by atomic mass is 10.2. The standard InChI is InChI=1S/C18H21N3O5/c19-17-11-15(5-6-18(17)21(22)23)26-14-3-1-13(2-4-14)24-9-7-16-12-20-8-10-25-16/h1-6,11,16,20H,7-10,12,19H2. The number of nitrogens with two attached hydrogens (primary N) is 1. The Morgan fingerprint density at radius 2 is 1.92 bits per heavy atom. The Kier molecular flexibility index (Phi) is 5.88. The minimum Gasteiger partial charge on any atom is -0.493 e. The van der Waals surface area contributed by atoms with Gasteiger partial charge in [0.05, 0.1) is 24.2 Å². The summed E-state index contributed by atoms with van der Waals surface area (Å²) < 4.78 is 17.0. The van der Waals surface area contributed by atoms with Gasteiger partial charge in [-0.2, -0.15) is 0 Å². The summed E-state index contributed by atoms with van der Waals surface area (Å²) in [6.07, 6.45) is 1.02. The summed E-state index contributed by atoms with van der Waals surface area (Å²) in [7, 11) is 0. The zero-order valence-electron chi connectivity index (χ0n) is 14.2. The second-order valence-corrected chi connectivity index (χ2v) is 5.89. The molecule has 0 spiro atoms. The van der Waals surface area contributed by atoms with Crippen LogP contribution >= 0.6 is 0 Å². The fraction of sp³-hybridized carbons (Fsp3) is 0.333. The van der Waals surface area contributed by atoms with E-state index in [2.05, 4.69) is 5.32 Å². The minimum absolute atomic E-state index is 0.0619. The van der Waals surface area contributed by atoms with Crippen LogP contribution in [0.15, 0.2) is 42.5 Å². The van der Waals surface area contributed by atoms with Crippen LogP contribution in [0.1, 0.15) is 6.42 Å². The van der Waals surface area contributed by atoms with Crippen molar-refractivity contribution in [2.45, 2.75) is 12.5 Å². The Morgan fingerprint density at radius 3 is 2.58 bits per heavy atom. The van der Waals surface area contributed by atoms with Gasteiger partial charge in [-0.3, -0.25) is 10.1 Å². The van der Waals surface area contributed by atoms with Crippen molar-refractivity contribution in [1.29, 1.82) is 0 Å². The molecule has 0 bridgehead atoms.